The highest BCUT2D eigenvalue weighted by molar-refractivity contribution is 5.83. The minimum absolute atomic E-state index is 0.136. The number of hydrogen-bond acceptors (Lipinski definition) is 6. The third-order valence-electron chi connectivity index (χ3n) is 4.96. The summed E-state index contributed by atoms with van der Waals surface area (Å²) in [6.07, 6.45) is 5.34. The van der Waals surface area contributed by atoms with Gasteiger partial charge in [-0.15, -0.1) is 0 Å². The maximum atomic E-state index is 12.9. The zero-order chi connectivity index (χ0) is 16.5. The molecule has 0 spiro atoms. The topological polar surface area (TPSA) is 99.9 Å². The van der Waals surface area contributed by atoms with Gasteiger partial charge in [-0.05, 0) is 18.8 Å². The van der Waals surface area contributed by atoms with Crippen molar-refractivity contribution in [2.45, 2.75) is 38.6 Å². The van der Waals surface area contributed by atoms with Crippen molar-refractivity contribution in [1.82, 2.24) is 30.3 Å². The van der Waals surface area contributed by atoms with E-state index in [0.717, 1.165) is 62.5 Å². The van der Waals surface area contributed by atoms with E-state index in [2.05, 4.69) is 25.4 Å². The van der Waals surface area contributed by atoms with Crippen LogP contribution >= 0.6 is 0 Å². The van der Waals surface area contributed by atoms with Gasteiger partial charge in [-0.2, -0.15) is 4.98 Å². The molecule has 4 heterocycles. The summed E-state index contributed by atoms with van der Waals surface area (Å²) in [7, 11) is 0. The molecule has 0 saturated carbocycles. The number of piperidine rings is 1. The summed E-state index contributed by atoms with van der Waals surface area (Å²) in [5, 5.41) is 7.27. The highest BCUT2D eigenvalue weighted by Crippen LogP contribution is 2.26. The Hall–Kier alpha value is -2.22. The number of carbonyl (C=O) groups excluding carboxylic acids is 1. The number of nitrogens with zero attached hydrogens (tertiary/aromatic N) is 4. The third kappa shape index (κ3) is 2.93. The highest BCUT2D eigenvalue weighted by Gasteiger charge is 2.33. The van der Waals surface area contributed by atoms with E-state index in [4.69, 9.17) is 4.52 Å². The van der Waals surface area contributed by atoms with E-state index in [1.54, 1.807) is 13.3 Å². The van der Waals surface area contributed by atoms with E-state index < -0.39 is 0 Å². The first-order valence-corrected chi connectivity index (χ1v) is 8.54. The lowest BCUT2D eigenvalue weighted by Crippen LogP contribution is -2.47. The van der Waals surface area contributed by atoms with E-state index in [-0.39, 0.29) is 11.9 Å². The van der Waals surface area contributed by atoms with E-state index in [1.807, 2.05) is 4.90 Å². The summed E-state index contributed by atoms with van der Waals surface area (Å²) in [5.41, 5.74) is 1.94. The predicted octanol–water partition coefficient (Wildman–Crippen LogP) is 0.769. The molecule has 2 aliphatic rings. The number of aromatic amines is 1. The molecule has 128 valence electrons. The van der Waals surface area contributed by atoms with Gasteiger partial charge < -0.3 is 19.7 Å². The van der Waals surface area contributed by atoms with Crippen LogP contribution in [0.3, 0.4) is 0 Å². The number of hydrogen-bond donors (Lipinski definition) is 2. The fraction of sp³-hybridized carbons (Fsp3) is 0.625. The summed E-state index contributed by atoms with van der Waals surface area (Å²) < 4.78 is 5.03. The van der Waals surface area contributed by atoms with E-state index in [9.17, 15) is 4.79 Å². The molecule has 2 N–H and O–H groups in total. The Kier molecular flexibility index (Phi) is 4.05. The highest BCUT2D eigenvalue weighted by atomic mass is 16.5. The molecule has 0 radical (unpaired) electrons. The van der Waals surface area contributed by atoms with Crippen molar-refractivity contribution in [3.63, 3.8) is 0 Å². The molecule has 24 heavy (non-hydrogen) atoms. The van der Waals surface area contributed by atoms with Gasteiger partial charge in [0.25, 0.3) is 0 Å². The third-order valence-corrected chi connectivity index (χ3v) is 4.96. The Bertz CT molecular complexity index is 716. The van der Waals surface area contributed by atoms with Crippen LogP contribution in [0.15, 0.2) is 10.9 Å². The molecule has 0 aliphatic carbocycles. The monoisotopic (exact) mass is 330 g/mol. The fourth-order valence-corrected chi connectivity index (χ4v) is 3.65. The quantitative estimate of drug-likeness (QED) is 0.862. The normalized spacial score (nSPS) is 21.7. The summed E-state index contributed by atoms with van der Waals surface area (Å²) in [6, 6.07) is -0.309. The second-order valence-corrected chi connectivity index (χ2v) is 6.61. The van der Waals surface area contributed by atoms with Crippen molar-refractivity contribution in [3.8, 4) is 0 Å². The molecule has 0 unspecified atom stereocenters. The Balaban J connectivity index is 1.35. The number of carbonyl (C=O) groups is 1. The van der Waals surface area contributed by atoms with Gasteiger partial charge >= 0.3 is 0 Å². The number of likely N-dealkylation sites (tertiary alicyclic amines) is 1. The largest absolute Gasteiger partial charge is 0.348 e. The smallest absolute Gasteiger partial charge is 0.246 e. The van der Waals surface area contributed by atoms with Crippen LogP contribution in [-0.4, -0.2) is 50.5 Å². The molecule has 2 aromatic rings. The first-order valence-electron chi connectivity index (χ1n) is 8.54. The minimum atomic E-state index is -0.309. The molecule has 0 bridgehead atoms. The number of aromatic nitrogens is 4. The molecule has 1 saturated heterocycles. The minimum Gasteiger partial charge on any atom is -0.348 e. The van der Waals surface area contributed by atoms with Gasteiger partial charge in [-0.1, -0.05) is 5.16 Å². The lowest BCUT2D eigenvalue weighted by molar-refractivity contribution is -0.135. The van der Waals surface area contributed by atoms with Crippen LogP contribution in [0.25, 0.3) is 0 Å². The van der Waals surface area contributed by atoms with Gasteiger partial charge in [0, 0.05) is 45.1 Å². The molecule has 4 rings (SSSR count). The molecule has 1 amide bonds. The summed E-state index contributed by atoms with van der Waals surface area (Å²) in [4.78, 5) is 26.6. The second kappa shape index (κ2) is 6.35. The average molecular weight is 330 g/mol. The molecule has 1 atom stereocenters. The van der Waals surface area contributed by atoms with Gasteiger partial charge in [-0.25, -0.2) is 4.98 Å². The average Bonchev–Trinajstić information content (AvgIpc) is 3.23. The lowest BCUT2D eigenvalue weighted by Gasteiger charge is -2.34. The van der Waals surface area contributed by atoms with Crippen molar-refractivity contribution in [3.05, 3.63) is 29.4 Å². The van der Waals surface area contributed by atoms with Gasteiger partial charge in [0.05, 0.1) is 12.0 Å². The van der Waals surface area contributed by atoms with Gasteiger partial charge in [0.1, 0.15) is 6.04 Å². The summed E-state index contributed by atoms with van der Waals surface area (Å²) in [6.45, 7) is 4.16. The van der Waals surface area contributed by atoms with Crippen molar-refractivity contribution in [2.24, 2.45) is 5.92 Å². The molecule has 8 heteroatoms. The Morgan fingerprint density at radius 3 is 3.00 bits per heavy atom. The number of imidazole rings is 1. The predicted molar refractivity (Wildman–Crippen MR) is 85.1 cm³/mol. The maximum Gasteiger partial charge on any atom is 0.246 e. The molecule has 2 aliphatic heterocycles. The van der Waals surface area contributed by atoms with Crippen molar-refractivity contribution >= 4 is 5.91 Å². The molecule has 0 aromatic carbocycles. The van der Waals surface area contributed by atoms with Crippen molar-refractivity contribution in [2.75, 3.05) is 19.6 Å². The van der Waals surface area contributed by atoms with Crippen LogP contribution in [0.5, 0.6) is 0 Å². The van der Waals surface area contributed by atoms with Crippen LogP contribution in [0.4, 0.5) is 0 Å². The Morgan fingerprint density at radius 1 is 1.42 bits per heavy atom. The number of amides is 1. The SMILES string of the molecule is Cc1nc(CC2CCN(C(=O)[C@@H]3NCCc4[nH]cnc43)CC2)no1. The van der Waals surface area contributed by atoms with E-state index >= 15 is 0 Å². The zero-order valence-corrected chi connectivity index (χ0v) is 13.8. The summed E-state index contributed by atoms with van der Waals surface area (Å²) in [5.74, 6) is 2.02. The van der Waals surface area contributed by atoms with Crippen LogP contribution in [0.2, 0.25) is 0 Å². The van der Waals surface area contributed by atoms with Gasteiger partial charge in [0.2, 0.25) is 11.8 Å². The summed E-state index contributed by atoms with van der Waals surface area (Å²) >= 11 is 0. The van der Waals surface area contributed by atoms with Crippen LogP contribution in [-0.2, 0) is 17.6 Å². The first kappa shape index (κ1) is 15.3. The standard InChI is InChI=1S/C16H22N6O2/c1-10-20-13(21-24-10)8-11-3-6-22(7-4-11)16(23)15-14-12(2-5-17-15)18-9-19-14/h9,11,15,17H,2-8H2,1H3,(H,18,19)/t15-/m1/s1. The van der Waals surface area contributed by atoms with Gasteiger partial charge in [-0.3, -0.25) is 4.79 Å². The zero-order valence-electron chi connectivity index (χ0n) is 13.8. The van der Waals surface area contributed by atoms with Crippen molar-refractivity contribution < 1.29 is 9.32 Å². The number of H-pyrrole nitrogens is 1. The van der Waals surface area contributed by atoms with Crippen molar-refractivity contribution in [1.29, 1.82) is 0 Å². The van der Waals surface area contributed by atoms with Gasteiger partial charge in [0.15, 0.2) is 5.82 Å². The first-order chi connectivity index (χ1) is 11.7. The van der Waals surface area contributed by atoms with Crippen LogP contribution in [0.1, 0.15) is 42.0 Å². The maximum absolute atomic E-state index is 12.9. The second-order valence-electron chi connectivity index (χ2n) is 6.61. The van der Waals surface area contributed by atoms with E-state index in [0.29, 0.717) is 11.8 Å². The molecular weight excluding hydrogens is 308 g/mol. The Morgan fingerprint density at radius 2 is 2.25 bits per heavy atom. The molecule has 8 nitrogen and oxygen atoms in total. The lowest BCUT2D eigenvalue weighted by atomic mass is 9.92. The van der Waals surface area contributed by atoms with Crippen LogP contribution in [0, 0.1) is 12.8 Å². The molecular formula is C16H22N6O2. The molecule has 1 fully saturated rings. The van der Waals surface area contributed by atoms with E-state index in [1.165, 1.54) is 0 Å². The number of aryl methyl sites for hydroxylation is 1. The fourth-order valence-electron chi connectivity index (χ4n) is 3.65. The Labute approximate surface area is 140 Å². The van der Waals surface area contributed by atoms with Crippen LogP contribution < -0.4 is 5.32 Å². The molecule has 2 aromatic heterocycles. The number of nitrogens with one attached hydrogen (secondary N) is 2. The number of rotatable bonds is 3. The number of fused-ring (bicyclic) bond motifs is 1.